The van der Waals surface area contributed by atoms with Crippen molar-refractivity contribution in [2.45, 2.75) is 44.7 Å². The molecule has 1 aromatic heterocycles. The normalized spacial score (nSPS) is 20.3. The van der Waals surface area contributed by atoms with E-state index >= 15 is 0 Å². The van der Waals surface area contributed by atoms with Gasteiger partial charge >= 0.3 is 0 Å². The molecule has 1 aliphatic carbocycles. The van der Waals surface area contributed by atoms with Crippen molar-refractivity contribution < 1.29 is 0 Å². The van der Waals surface area contributed by atoms with Crippen LogP contribution >= 0.6 is 11.6 Å². The Balaban J connectivity index is 1.27. The minimum atomic E-state index is 0.428. The molecular formula is C22H29ClN4. The van der Waals surface area contributed by atoms with Crippen LogP contribution in [0.4, 0.5) is 0 Å². The summed E-state index contributed by atoms with van der Waals surface area (Å²) in [6.07, 6.45) is 6.38. The minimum Gasteiger partial charge on any atom is -0.373 e. The predicted molar refractivity (Wildman–Crippen MR) is 114 cm³/mol. The largest absolute Gasteiger partial charge is 0.373 e. The number of hydrogen-bond acceptors (Lipinski definition) is 3. The van der Waals surface area contributed by atoms with E-state index in [1.54, 1.807) is 0 Å². The van der Waals surface area contributed by atoms with Crippen LogP contribution in [0.25, 0.3) is 10.9 Å². The van der Waals surface area contributed by atoms with Crippen molar-refractivity contribution in [2.75, 3.05) is 13.1 Å². The van der Waals surface area contributed by atoms with Crippen LogP contribution in [0, 0.1) is 5.92 Å². The van der Waals surface area contributed by atoms with Crippen LogP contribution in [0.15, 0.2) is 48.9 Å². The van der Waals surface area contributed by atoms with Gasteiger partial charge in [-0.1, -0.05) is 31.2 Å². The first kappa shape index (κ1) is 18.3. The number of rotatable bonds is 7. The quantitative estimate of drug-likeness (QED) is 0.645. The summed E-state index contributed by atoms with van der Waals surface area (Å²) in [5.41, 5.74) is 3.58. The molecule has 1 unspecified atom stereocenters. The van der Waals surface area contributed by atoms with Gasteiger partial charge < -0.3 is 20.5 Å². The van der Waals surface area contributed by atoms with E-state index in [1.807, 2.05) is 18.2 Å². The zero-order chi connectivity index (χ0) is 18.8. The van der Waals surface area contributed by atoms with Gasteiger partial charge in [0.25, 0.3) is 0 Å². The number of halogens is 1. The maximum atomic E-state index is 6.07. The summed E-state index contributed by atoms with van der Waals surface area (Å²) < 4.78 is 0. The van der Waals surface area contributed by atoms with Crippen LogP contribution < -0.4 is 10.6 Å². The lowest BCUT2D eigenvalue weighted by molar-refractivity contribution is 0.193. The van der Waals surface area contributed by atoms with Gasteiger partial charge in [0.05, 0.1) is 12.4 Å². The smallest absolute Gasteiger partial charge is 0.0918 e. The van der Waals surface area contributed by atoms with E-state index in [0.717, 1.165) is 46.4 Å². The summed E-state index contributed by atoms with van der Waals surface area (Å²) >= 11 is 6.07. The Morgan fingerprint density at radius 1 is 1.19 bits per heavy atom. The molecule has 2 fully saturated rings. The lowest BCUT2D eigenvalue weighted by Crippen LogP contribution is -2.47. The van der Waals surface area contributed by atoms with Crippen molar-refractivity contribution in [1.82, 2.24) is 20.5 Å². The first-order chi connectivity index (χ1) is 13.1. The van der Waals surface area contributed by atoms with Crippen molar-refractivity contribution >= 4 is 22.5 Å². The number of hydrogen-bond donors (Lipinski definition) is 3. The molecule has 1 aliphatic heterocycles. The standard InChI is InChI=1S/C22H29ClN4/c1-15(17-5-3-6-17)27-10-4-7-20(14-27)25-16(2)24-13-21-12-18-11-19(23)8-9-22(18)26-21/h8-9,11-12,17,20,24-26H,1-7,10,13-14H2. The third-order valence-electron chi connectivity index (χ3n) is 5.91. The van der Waals surface area contributed by atoms with Gasteiger partial charge in [0.15, 0.2) is 0 Å². The Morgan fingerprint density at radius 3 is 2.81 bits per heavy atom. The highest BCUT2D eigenvalue weighted by Gasteiger charge is 2.28. The molecule has 2 aliphatic rings. The van der Waals surface area contributed by atoms with E-state index in [2.05, 4.69) is 39.7 Å². The summed E-state index contributed by atoms with van der Waals surface area (Å²) in [5.74, 6) is 1.60. The molecule has 4 rings (SSSR count). The number of nitrogens with zero attached hydrogens (tertiary/aromatic N) is 1. The second-order valence-electron chi connectivity index (χ2n) is 7.91. The van der Waals surface area contributed by atoms with E-state index in [0.29, 0.717) is 12.6 Å². The second kappa shape index (κ2) is 7.89. The summed E-state index contributed by atoms with van der Waals surface area (Å²) in [5, 5.41) is 8.86. The number of aromatic nitrogens is 1. The Kier molecular flexibility index (Phi) is 5.35. The van der Waals surface area contributed by atoms with Gasteiger partial charge in [0.1, 0.15) is 0 Å². The van der Waals surface area contributed by atoms with E-state index in [-0.39, 0.29) is 0 Å². The number of piperidine rings is 1. The highest BCUT2D eigenvalue weighted by molar-refractivity contribution is 6.31. The maximum Gasteiger partial charge on any atom is 0.0918 e. The summed E-state index contributed by atoms with van der Waals surface area (Å²) in [6, 6.07) is 8.46. The number of aromatic amines is 1. The molecule has 3 N–H and O–H groups in total. The Hall–Kier alpha value is -2.07. The van der Waals surface area contributed by atoms with Crippen molar-refractivity contribution in [3.63, 3.8) is 0 Å². The molecule has 0 amide bonds. The molecule has 144 valence electrons. The molecule has 1 saturated carbocycles. The SMILES string of the molecule is C=C(NCc1cc2cc(Cl)ccc2[nH]1)NC1CCCN(C(=C)C2CCC2)C1. The van der Waals surface area contributed by atoms with Crippen LogP contribution in [0.5, 0.6) is 0 Å². The fourth-order valence-electron chi connectivity index (χ4n) is 4.11. The molecule has 1 aromatic carbocycles. The average Bonchev–Trinajstić information content (AvgIpc) is 3.00. The molecular weight excluding hydrogens is 356 g/mol. The van der Waals surface area contributed by atoms with Crippen LogP contribution in [0.1, 0.15) is 37.8 Å². The molecule has 2 heterocycles. The van der Waals surface area contributed by atoms with Gasteiger partial charge in [-0.2, -0.15) is 0 Å². The molecule has 5 heteroatoms. The molecule has 0 spiro atoms. The number of benzene rings is 1. The Bertz CT molecular complexity index is 836. The van der Waals surface area contributed by atoms with E-state index < -0.39 is 0 Å². The maximum absolute atomic E-state index is 6.07. The molecule has 1 saturated heterocycles. The van der Waals surface area contributed by atoms with Crippen LogP contribution in [-0.2, 0) is 6.54 Å². The van der Waals surface area contributed by atoms with Crippen molar-refractivity contribution in [3.8, 4) is 0 Å². The van der Waals surface area contributed by atoms with Gasteiger partial charge in [0, 0.05) is 46.4 Å². The van der Waals surface area contributed by atoms with Crippen molar-refractivity contribution in [1.29, 1.82) is 0 Å². The van der Waals surface area contributed by atoms with Gasteiger partial charge in [-0.15, -0.1) is 0 Å². The van der Waals surface area contributed by atoms with Crippen LogP contribution in [0.3, 0.4) is 0 Å². The summed E-state index contributed by atoms with van der Waals surface area (Å²) in [7, 11) is 0. The highest BCUT2D eigenvalue weighted by Crippen LogP contribution is 2.34. The molecule has 27 heavy (non-hydrogen) atoms. The third-order valence-corrected chi connectivity index (χ3v) is 6.15. The summed E-state index contributed by atoms with van der Waals surface area (Å²) in [4.78, 5) is 5.91. The second-order valence-corrected chi connectivity index (χ2v) is 8.34. The topological polar surface area (TPSA) is 43.1 Å². The lowest BCUT2D eigenvalue weighted by Gasteiger charge is -2.41. The van der Waals surface area contributed by atoms with Gasteiger partial charge in [-0.25, -0.2) is 0 Å². The Morgan fingerprint density at radius 2 is 2.04 bits per heavy atom. The first-order valence-electron chi connectivity index (χ1n) is 9.98. The van der Waals surface area contributed by atoms with E-state index in [1.165, 1.54) is 37.8 Å². The van der Waals surface area contributed by atoms with Gasteiger partial charge in [-0.3, -0.25) is 0 Å². The molecule has 0 bridgehead atoms. The fourth-order valence-corrected chi connectivity index (χ4v) is 4.29. The zero-order valence-corrected chi connectivity index (χ0v) is 16.6. The number of likely N-dealkylation sites (tertiary alicyclic amines) is 1. The highest BCUT2D eigenvalue weighted by atomic mass is 35.5. The van der Waals surface area contributed by atoms with Gasteiger partial charge in [-0.05, 0) is 55.9 Å². The third kappa shape index (κ3) is 4.27. The van der Waals surface area contributed by atoms with Crippen molar-refractivity contribution in [2.24, 2.45) is 5.92 Å². The number of fused-ring (bicyclic) bond motifs is 1. The molecule has 4 nitrogen and oxygen atoms in total. The number of H-pyrrole nitrogens is 1. The van der Waals surface area contributed by atoms with Gasteiger partial charge in [0.2, 0.25) is 0 Å². The molecule has 0 radical (unpaired) electrons. The molecule has 2 aromatic rings. The number of nitrogens with one attached hydrogen (secondary N) is 3. The monoisotopic (exact) mass is 384 g/mol. The van der Waals surface area contributed by atoms with Crippen LogP contribution in [-0.4, -0.2) is 29.0 Å². The molecule has 1 atom stereocenters. The van der Waals surface area contributed by atoms with Crippen LogP contribution in [0.2, 0.25) is 5.02 Å². The van der Waals surface area contributed by atoms with E-state index in [9.17, 15) is 0 Å². The van der Waals surface area contributed by atoms with Crippen molar-refractivity contribution in [3.05, 3.63) is 59.7 Å². The minimum absolute atomic E-state index is 0.428. The first-order valence-corrected chi connectivity index (χ1v) is 10.4. The average molecular weight is 385 g/mol. The zero-order valence-electron chi connectivity index (χ0n) is 15.9. The predicted octanol–water partition coefficient (Wildman–Crippen LogP) is 4.75. The summed E-state index contributed by atoms with van der Waals surface area (Å²) in [6.45, 7) is 11.4. The number of allylic oxidation sites excluding steroid dienone is 1. The fraction of sp³-hybridized carbons (Fsp3) is 0.455. The Labute approximate surface area is 166 Å². The lowest BCUT2D eigenvalue weighted by atomic mass is 9.82. The van der Waals surface area contributed by atoms with E-state index in [4.69, 9.17) is 11.6 Å².